The van der Waals surface area contributed by atoms with Crippen molar-refractivity contribution >= 4 is 51.9 Å². The number of thioether (sulfide) groups is 1. The van der Waals surface area contributed by atoms with Crippen molar-refractivity contribution < 1.29 is 19.0 Å². The van der Waals surface area contributed by atoms with E-state index >= 15 is 0 Å². The summed E-state index contributed by atoms with van der Waals surface area (Å²) in [7, 11) is 0. The molecular formula is C24H26ClNO4S2. The monoisotopic (exact) mass is 491 g/mol. The fourth-order valence-electron chi connectivity index (χ4n) is 3.08. The van der Waals surface area contributed by atoms with Crippen LogP contribution in [0.2, 0.25) is 5.02 Å². The van der Waals surface area contributed by atoms with Gasteiger partial charge < -0.3 is 19.5 Å². The highest BCUT2D eigenvalue weighted by Crippen LogP contribution is 2.38. The molecule has 8 heteroatoms. The van der Waals surface area contributed by atoms with Crippen LogP contribution in [0, 0.1) is 0 Å². The number of benzene rings is 2. The van der Waals surface area contributed by atoms with E-state index < -0.39 is 0 Å². The molecule has 1 aliphatic rings. The molecule has 1 heterocycles. The Hall–Kier alpha value is -2.22. The summed E-state index contributed by atoms with van der Waals surface area (Å²) < 4.78 is 17.8. The van der Waals surface area contributed by atoms with Crippen LogP contribution in [0.15, 0.2) is 41.3 Å². The molecule has 1 N–H and O–H groups in total. The van der Waals surface area contributed by atoms with Crippen LogP contribution in [0.3, 0.4) is 0 Å². The Labute approximate surface area is 203 Å². The lowest BCUT2D eigenvalue weighted by molar-refractivity contribution is -0.115. The summed E-state index contributed by atoms with van der Waals surface area (Å²) in [6.45, 7) is 7.39. The summed E-state index contributed by atoms with van der Waals surface area (Å²) in [5.74, 6) is 2.07. The Kier molecular flexibility index (Phi) is 8.84. The summed E-state index contributed by atoms with van der Waals surface area (Å²) in [6.07, 6.45) is 2.83. The number of halogens is 1. The molecule has 0 aromatic heterocycles. The van der Waals surface area contributed by atoms with Gasteiger partial charge in [-0.3, -0.25) is 4.79 Å². The zero-order valence-electron chi connectivity index (χ0n) is 18.3. The Bertz CT molecular complexity index is 1010. The number of carbonyl (C=O) groups excluding carboxylic acids is 1. The molecule has 0 saturated carbocycles. The standard InChI is InChI=1S/C24H26ClNO4S2/c1-4-15(3)17-6-8-18(9-7-17)29-10-11-30-22-19(25)12-16(13-20(22)28-5-2)14-21-23(27)26-24(31)32-21/h6-9,12-15H,4-5,10-11H2,1-3H3,(H,26,27,31)/b21-14-. The average Bonchev–Trinajstić information content (AvgIpc) is 3.09. The number of carbonyl (C=O) groups is 1. The third kappa shape index (κ3) is 6.40. The second-order valence-electron chi connectivity index (χ2n) is 7.19. The lowest BCUT2D eigenvalue weighted by atomic mass is 9.99. The number of nitrogens with one attached hydrogen (secondary N) is 1. The van der Waals surface area contributed by atoms with Crippen molar-refractivity contribution in [1.29, 1.82) is 0 Å². The number of amides is 1. The second-order valence-corrected chi connectivity index (χ2v) is 9.32. The van der Waals surface area contributed by atoms with E-state index in [1.54, 1.807) is 18.2 Å². The van der Waals surface area contributed by atoms with Crippen LogP contribution in [-0.2, 0) is 4.79 Å². The van der Waals surface area contributed by atoms with Crippen molar-refractivity contribution in [3.8, 4) is 17.2 Å². The van der Waals surface area contributed by atoms with Gasteiger partial charge in [-0.1, -0.05) is 61.6 Å². The summed E-state index contributed by atoms with van der Waals surface area (Å²) >= 11 is 12.7. The minimum atomic E-state index is -0.219. The zero-order valence-corrected chi connectivity index (χ0v) is 20.7. The van der Waals surface area contributed by atoms with E-state index in [9.17, 15) is 4.79 Å². The first-order valence-electron chi connectivity index (χ1n) is 10.5. The van der Waals surface area contributed by atoms with Gasteiger partial charge in [0.2, 0.25) is 0 Å². The van der Waals surface area contributed by atoms with Gasteiger partial charge in [0.05, 0.1) is 16.5 Å². The molecule has 3 rings (SSSR count). The first-order valence-corrected chi connectivity index (χ1v) is 12.1. The molecule has 0 aliphatic carbocycles. The van der Waals surface area contributed by atoms with Gasteiger partial charge in [0.25, 0.3) is 5.91 Å². The number of rotatable bonds is 10. The van der Waals surface area contributed by atoms with Gasteiger partial charge in [0.15, 0.2) is 11.5 Å². The molecule has 0 radical (unpaired) electrons. The lowest BCUT2D eigenvalue weighted by Crippen LogP contribution is -2.17. The van der Waals surface area contributed by atoms with Crippen LogP contribution in [0.4, 0.5) is 0 Å². The third-order valence-electron chi connectivity index (χ3n) is 4.93. The lowest BCUT2D eigenvalue weighted by Gasteiger charge is -2.15. The van der Waals surface area contributed by atoms with Crippen molar-refractivity contribution in [3.05, 3.63) is 57.5 Å². The van der Waals surface area contributed by atoms with Crippen LogP contribution >= 0.6 is 35.6 Å². The molecule has 0 bridgehead atoms. The number of hydrogen-bond acceptors (Lipinski definition) is 6. The zero-order chi connectivity index (χ0) is 23.1. The minimum Gasteiger partial charge on any atom is -0.490 e. The number of thiocarbonyl (C=S) groups is 1. The van der Waals surface area contributed by atoms with Gasteiger partial charge in [0, 0.05) is 0 Å². The fraction of sp³-hybridized carbons (Fsp3) is 0.333. The topological polar surface area (TPSA) is 56.8 Å². The first kappa shape index (κ1) is 24.4. The molecule has 1 amide bonds. The molecule has 1 unspecified atom stereocenters. The van der Waals surface area contributed by atoms with Crippen LogP contribution in [-0.4, -0.2) is 30.0 Å². The Morgan fingerprint density at radius 2 is 1.84 bits per heavy atom. The van der Waals surface area contributed by atoms with Crippen molar-refractivity contribution in [2.75, 3.05) is 19.8 Å². The fourth-order valence-corrected chi connectivity index (χ4v) is 4.40. The molecule has 1 saturated heterocycles. The van der Waals surface area contributed by atoms with Crippen molar-refractivity contribution in [3.63, 3.8) is 0 Å². The van der Waals surface area contributed by atoms with E-state index in [4.69, 9.17) is 38.0 Å². The largest absolute Gasteiger partial charge is 0.490 e. The summed E-state index contributed by atoms with van der Waals surface area (Å²) in [5, 5.41) is 2.99. The van der Waals surface area contributed by atoms with Gasteiger partial charge in [-0.15, -0.1) is 0 Å². The quantitative estimate of drug-likeness (QED) is 0.242. The van der Waals surface area contributed by atoms with Crippen LogP contribution in [0.25, 0.3) is 6.08 Å². The smallest absolute Gasteiger partial charge is 0.263 e. The van der Waals surface area contributed by atoms with E-state index in [1.807, 2.05) is 19.1 Å². The van der Waals surface area contributed by atoms with Gasteiger partial charge in [0.1, 0.15) is 23.3 Å². The predicted molar refractivity (Wildman–Crippen MR) is 135 cm³/mol. The summed E-state index contributed by atoms with van der Waals surface area (Å²) in [4.78, 5) is 12.4. The van der Waals surface area contributed by atoms with Crippen molar-refractivity contribution in [2.24, 2.45) is 0 Å². The molecular weight excluding hydrogens is 466 g/mol. The number of ether oxygens (including phenoxy) is 3. The molecule has 5 nitrogen and oxygen atoms in total. The van der Waals surface area contributed by atoms with Crippen molar-refractivity contribution in [2.45, 2.75) is 33.1 Å². The second kappa shape index (κ2) is 11.6. The maximum absolute atomic E-state index is 11.9. The Balaban J connectivity index is 1.63. The van der Waals surface area contributed by atoms with Gasteiger partial charge in [-0.25, -0.2) is 0 Å². The van der Waals surface area contributed by atoms with Gasteiger partial charge in [-0.05, 0) is 60.7 Å². The predicted octanol–water partition coefficient (Wildman–Crippen LogP) is 6.20. The average molecular weight is 492 g/mol. The highest BCUT2D eigenvalue weighted by molar-refractivity contribution is 8.26. The highest BCUT2D eigenvalue weighted by atomic mass is 35.5. The molecule has 2 aromatic carbocycles. The molecule has 32 heavy (non-hydrogen) atoms. The van der Waals surface area contributed by atoms with Crippen LogP contribution in [0.1, 0.15) is 44.2 Å². The molecule has 1 atom stereocenters. The first-order chi connectivity index (χ1) is 15.4. The molecule has 1 fully saturated rings. The van der Waals surface area contributed by atoms with Crippen LogP contribution < -0.4 is 19.5 Å². The van der Waals surface area contributed by atoms with E-state index in [0.29, 0.717) is 51.5 Å². The summed E-state index contributed by atoms with van der Waals surface area (Å²) in [5.41, 5.74) is 2.03. The summed E-state index contributed by atoms with van der Waals surface area (Å²) in [6, 6.07) is 11.7. The van der Waals surface area contributed by atoms with Gasteiger partial charge in [-0.2, -0.15) is 0 Å². The SMILES string of the molecule is CCOc1cc(/C=C2\SC(=S)NC2=O)cc(Cl)c1OCCOc1ccc(C(C)CC)cc1. The molecule has 2 aromatic rings. The molecule has 170 valence electrons. The van der Waals surface area contributed by atoms with E-state index in [0.717, 1.165) is 17.7 Å². The Morgan fingerprint density at radius 3 is 2.47 bits per heavy atom. The maximum atomic E-state index is 11.9. The molecule has 0 spiro atoms. The minimum absolute atomic E-state index is 0.219. The number of hydrogen-bond donors (Lipinski definition) is 1. The van der Waals surface area contributed by atoms with Crippen LogP contribution in [0.5, 0.6) is 17.2 Å². The maximum Gasteiger partial charge on any atom is 0.263 e. The van der Waals surface area contributed by atoms with E-state index in [2.05, 4.69) is 31.3 Å². The third-order valence-corrected chi connectivity index (χ3v) is 6.37. The highest BCUT2D eigenvalue weighted by Gasteiger charge is 2.22. The van der Waals surface area contributed by atoms with Crippen molar-refractivity contribution in [1.82, 2.24) is 5.32 Å². The molecule has 1 aliphatic heterocycles. The van der Waals surface area contributed by atoms with Gasteiger partial charge >= 0.3 is 0 Å². The van der Waals surface area contributed by atoms with E-state index in [-0.39, 0.29) is 5.91 Å². The normalized spacial score (nSPS) is 15.6. The van der Waals surface area contributed by atoms with E-state index in [1.165, 1.54) is 17.3 Å². The Morgan fingerprint density at radius 1 is 1.12 bits per heavy atom.